The predicted octanol–water partition coefficient (Wildman–Crippen LogP) is 1.94. The van der Waals surface area contributed by atoms with E-state index in [4.69, 9.17) is 10.6 Å². The van der Waals surface area contributed by atoms with Crippen molar-refractivity contribution in [2.24, 2.45) is 5.73 Å². The number of nitrogens with two attached hydrogens (primary N) is 1. The molecule has 0 aromatic carbocycles. The highest BCUT2D eigenvalue weighted by Gasteiger charge is 2.12. The molecule has 0 saturated carbocycles. The van der Waals surface area contributed by atoms with E-state index >= 15 is 0 Å². The highest BCUT2D eigenvalue weighted by atomic mass is 31.1. The predicted molar refractivity (Wildman–Crippen MR) is 53.8 cm³/mol. The van der Waals surface area contributed by atoms with Crippen LogP contribution in [-0.2, 0) is 4.57 Å². The maximum Gasteiger partial charge on any atom is 0.505 e. The smallest absolute Gasteiger partial charge is 0.324 e. The molecular formula is C9H17NO2P+. The lowest BCUT2D eigenvalue weighted by atomic mass is 10.1. The summed E-state index contributed by atoms with van der Waals surface area (Å²) >= 11 is 0. The lowest BCUT2D eigenvalue weighted by molar-refractivity contribution is 0.500. The molecule has 0 aliphatic heterocycles. The summed E-state index contributed by atoms with van der Waals surface area (Å²) in [6.07, 6.45) is 7.68. The third kappa shape index (κ3) is 4.51. The third-order valence-corrected chi connectivity index (χ3v) is 3.04. The lowest BCUT2D eigenvalue weighted by Gasteiger charge is -1.97. The molecule has 0 amide bonds. The van der Waals surface area contributed by atoms with Crippen molar-refractivity contribution >= 4 is 8.03 Å². The molecule has 0 bridgehead atoms. The second kappa shape index (κ2) is 5.48. The van der Waals surface area contributed by atoms with Gasteiger partial charge < -0.3 is 5.73 Å². The van der Waals surface area contributed by atoms with Crippen molar-refractivity contribution in [2.45, 2.75) is 38.1 Å². The van der Waals surface area contributed by atoms with Crippen molar-refractivity contribution in [3.63, 3.8) is 0 Å². The molecular weight excluding hydrogens is 185 g/mol. The fourth-order valence-electron chi connectivity index (χ4n) is 1.63. The number of hydrogen-bond donors (Lipinski definition) is 2. The summed E-state index contributed by atoms with van der Waals surface area (Å²) < 4.78 is 10.4. The molecule has 1 aliphatic rings. The second-order valence-corrected chi connectivity index (χ2v) is 4.71. The van der Waals surface area contributed by atoms with Gasteiger partial charge in [-0.15, -0.1) is 0 Å². The van der Waals surface area contributed by atoms with Crippen LogP contribution < -0.4 is 5.73 Å². The van der Waals surface area contributed by atoms with Gasteiger partial charge in [0.25, 0.3) is 0 Å². The number of unbranched alkanes of at least 4 members (excludes halogenated alkanes) is 1. The zero-order valence-electron chi connectivity index (χ0n) is 7.78. The minimum absolute atomic E-state index is 0.254. The number of rotatable bonds is 5. The van der Waals surface area contributed by atoms with Crippen LogP contribution in [0.25, 0.3) is 0 Å². The lowest BCUT2D eigenvalue weighted by Crippen LogP contribution is -2.11. The Kier molecular flexibility index (Phi) is 4.57. The molecule has 3 nitrogen and oxygen atoms in total. The van der Waals surface area contributed by atoms with Gasteiger partial charge in [0.2, 0.25) is 0 Å². The van der Waals surface area contributed by atoms with Gasteiger partial charge in [0.15, 0.2) is 6.16 Å². The van der Waals surface area contributed by atoms with E-state index in [1.165, 1.54) is 5.57 Å². The van der Waals surface area contributed by atoms with Crippen molar-refractivity contribution in [2.75, 3.05) is 6.16 Å². The minimum Gasteiger partial charge on any atom is -0.324 e. The Balaban J connectivity index is 2.06. The summed E-state index contributed by atoms with van der Waals surface area (Å²) in [7, 11) is -1.93. The first-order valence-electron chi connectivity index (χ1n) is 4.77. The van der Waals surface area contributed by atoms with Crippen molar-refractivity contribution < 1.29 is 9.46 Å². The van der Waals surface area contributed by atoms with Gasteiger partial charge in [-0.2, -0.15) is 4.89 Å². The van der Waals surface area contributed by atoms with E-state index in [9.17, 15) is 4.57 Å². The SMILES string of the molecule is NC1C=C(CCCC[P+](=O)O)CC1. The van der Waals surface area contributed by atoms with Gasteiger partial charge in [0, 0.05) is 6.04 Å². The molecule has 2 atom stereocenters. The summed E-state index contributed by atoms with van der Waals surface area (Å²) in [5.41, 5.74) is 7.15. The van der Waals surface area contributed by atoms with E-state index in [0.29, 0.717) is 6.16 Å². The molecule has 0 aromatic heterocycles. The maximum atomic E-state index is 10.4. The molecule has 13 heavy (non-hydrogen) atoms. The first-order valence-corrected chi connectivity index (χ1v) is 6.17. The fourth-order valence-corrected chi connectivity index (χ4v) is 2.12. The molecule has 4 heteroatoms. The Morgan fingerprint density at radius 2 is 2.38 bits per heavy atom. The van der Waals surface area contributed by atoms with Crippen LogP contribution >= 0.6 is 8.03 Å². The van der Waals surface area contributed by atoms with Crippen molar-refractivity contribution in [3.05, 3.63) is 11.6 Å². The summed E-state index contributed by atoms with van der Waals surface area (Å²) in [4.78, 5) is 8.56. The van der Waals surface area contributed by atoms with Crippen molar-refractivity contribution in [3.8, 4) is 0 Å². The van der Waals surface area contributed by atoms with Gasteiger partial charge in [0.05, 0.1) is 0 Å². The molecule has 0 radical (unpaired) electrons. The molecule has 0 heterocycles. The summed E-state index contributed by atoms with van der Waals surface area (Å²) in [6, 6.07) is 0.254. The van der Waals surface area contributed by atoms with E-state index in [-0.39, 0.29) is 6.04 Å². The maximum absolute atomic E-state index is 10.4. The molecule has 0 fully saturated rings. The Morgan fingerprint density at radius 3 is 2.92 bits per heavy atom. The quantitative estimate of drug-likeness (QED) is 0.407. The van der Waals surface area contributed by atoms with Crippen molar-refractivity contribution in [1.29, 1.82) is 0 Å². The van der Waals surface area contributed by atoms with Crippen LogP contribution in [0, 0.1) is 0 Å². The topological polar surface area (TPSA) is 63.3 Å². The van der Waals surface area contributed by atoms with Gasteiger partial charge in [-0.25, -0.2) is 0 Å². The van der Waals surface area contributed by atoms with Gasteiger partial charge >= 0.3 is 8.03 Å². The standard InChI is InChI=1S/C9H16NO2P/c10-9-5-4-8(7-9)3-1-2-6-13(11)12/h7,9H,1-6,10H2/p+1. The fraction of sp³-hybridized carbons (Fsp3) is 0.778. The van der Waals surface area contributed by atoms with Crippen LogP contribution in [0.1, 0.15) is 32.1 Å². The molecule has 0 saturated heterocycles. The van der Waals surface area contributed by atoms with E-state index in [1.807, 2.05) is 0 Å². The Morgan fingerprint density at radius 1 is 1.62 bits per heavy atom. The van der Waals surface area contributed by atoms with Crippen LogP contribution in [0.5, 0.6) is 0 Å². The number of allylic oxidation sites excluding steroid dienone is 1. The second-order valence-electron chi connectivity index (χ2n) is 3.56. The van der Waals surface area contributed by atoms with Crippen LogP contribution in [0.15, 0.2) is 11.6 Å². The molecule has 3 N–H and O–H groups in total. The summed E-state index contributed by atoms with van der Waals surface area (Å²) in [5, 5.41) is 0. The van der Waals surface area contributed by atoms with Gasteiger partial charge in [-0.05, 0) is 36.7 Å². The van der Waals surface area contributed by atoms with Gasteiger partial charge in [-0.3, -0.25) is 0 Å². The molecule has 0 spiro atoms. The summed E-state index contributed by atoms with van der Waals surface area (Å²) in [6.45, 7) is 0. The van der Waals surface area contributed by atoms with Crippen molar-refractivity contribution in [1.82, 2.24) is 0 Å². The van der Waals surface area contributed by atoms with E-state index in [1.54, 1.807) is 0 Å². The first kappa shape index (κ1) is 10.8. The van der Waals surface area contributed by atoms with Crippen LogP contribution in [0.2, 0.25) is 0 Å². The Hall–Kier alpha value is -0.240. The largest absolute Gasteiger partial charge is 0.505 e. The minimum atomic E-state index is -1.93. The molecule has 2 unspecified atom stereocenters. The van der Waals surface area contributed by atoms with Gasteiger partial charge in [0.1, 0.15) is 0 Å². The highest BCUT2D eigenvalue weighted by Crippen LogP contribution is 2.23. The monoisotopic (exact) mass is 202 g/mol. The van der Waals surface area contributed by atoms with E-state index < -0.39 is 8.03 Å². The number of hydrogen-bond acceptors (Lipinski definition) is 2. The molecule has 0 aromatic rings. The molecule has 74 valence electrons. The van der Waals surface area contributed by atoms with Crippen LogP contribution in [0.4, 0.5) is 0 Å². The first-order chi connectivity index (χ1) is 6.18. The average molecular weight is 202 g/mol. The molecule has 1 aliphatic carbocycles. The zero-order valence-corrected chi connectivity index (χ0v) is 8.67. The van der Waals surface area contributed by atoms with Gasteiger partial charge in [-0.1, -0.05) is 11.6 Å². The third-order valence-electron chi connectivity index (χ3n) is 2.35. The van der Waals surface area contributed by atoms with Crippen LogP contribution in [0.3, 0.4) is 0 Å². The molecule has 1 rings (SSSR count). The average Bonchev–Trinajstić information content (AvgIpc) is 2.45. The highest BCUT2D eigenvalue weighted by molar-refractivity contribution is 7.37. The Labute approximate surface area is 79.9 Å². The zero-order chi connectivity index (χ0) is 9.68. The van der Waals surface area contributed by atoms with E-state index in [0.717, 1.165) is 32.1 Å². The summed E-state index contributed by atoms with van der Waals surface area (Å²) in [5.74, 6) is 0. The van der Waals surface area contributed by atoms with E-state index in [2.05, 4.69) is 6.08 Å². The normalized spacial score (nSPS) is 23.1. The Bertz CT molecular complexity index is 216. The van der Waals surface area contributed by atoms with Crippen LogP contribution in [-0.4, -0.2) is 17.1 Å².